The number of amides is 2. The van der Waals surface area contributed by atoms with Crippen LogP contribution in [0.4, 0.5) is 15.1 Å². The van der Waals surface area contributed by atoms with Gasteiger partial charge in [0, 0.05) is 45.7 Å². The molecule has 2 aromatic carbocycles. The SMILES string of the molecule is CN(Cc1ccc(F)cc1)c1nc(C2CCCN(C(=O)N3CCOCC3)C2)nn1C(=O)c1ccccc1Cl. The summed E-state index contributed by atoms with van der Waals surface area (Å²) < 4.78 is 20.1. The molecule has 11 heteroatoms. The number of rotatable bonds is 5. The van der Waals surface area contributed by atoms with Crippen LogP contribution < -0.4 is 4.90 Å². The van der Waals surface area contributed by atoms with Crippen LogP contribution in [0.5, 0.6) is 0 Å². The maximum absolute atomic E-state index is 13.6. The van der Waals surface area contributed by atoms with Crippen molar-refractivity contribution in [3.05, 3.63) is 76.3 Å². The molecule has 2 saturated heterocycles. The summed E-state index contributed by atoms with van der Waals surface area (Å²) in [5.74, 6) is 0.0281. The van der Waals surface area contributed by atoms with Crippen LogP contribution in [0.3, 0.4) is 0 Å². The fraction of sp³-hybridized carbons (Fsp3) is 0.407. The summed E-state index contributed by atoms with van der Waals surface area (Å²) >= 11 is 6.34. The highest BCUT2D eigenvalue weighted by Gasteiger charge is 2.32. The standard InChI is InChI=1S/C27H30ClFN6O3/c1-32(17-19-8-10-21(29)11-9-19)26-30-24(31-35(26)25(36)22-6-2-3-7-23(22)28)20-5-4-12-34(18-20)27(37)33-13-15-38-16-14-33/h2-3,6-11,20H,4-5,12-18H2,1H3. The van der Waals surface area contributed by atoms with Crippen molar-refractivity contribution in [3.8, 4) is 0 Å². The van der Waals surface area contributed by atoms with E-state index in [1.165, 1.54) is 16.8 Å². The Balaban J connectivity index is 1.43. The molecule has 0 bridgehead atoms. The van der Waals surface area contributed by atoms with Gasteiger partial charge in [-0.25, -0.2) is 9.18 Å². The molecule has 0 spiro atoms. The number of carbonyl (C=O) groups is 2. The zero-order valence-electron chi connectivity index (χ0n) is 21.2. The summed E-state index contributed by atoms with van der Waals surface area (Å²) in [6.07, 6.45) is 1.62. The molecule has 2 amide bonds. The highest BCUT2D eigenvalue weighted by atomic mass is 35.5. The highest BCUT2D eigenvalue weighted by molar-refractivity contribution is 6.33. The molecule has 2 aliphatic rings. The number of hydrogen-bond acceptors (Lipinski definition) is 6. The number of anilines is 1. The number of carbonyl (C=O) groups excluding carboxylic acids is 2. The predicted molar refractivity (Wildman–Crippen MR) is 141 cm³/mol. The molecule has 1 atom stereocenters. The summed E-state index contributed by atoms with van der Waals surface area (Å²) in [7, 11) is 1.81. The van der Waals surface area contributed by atoms with Gasteiger partial charge in [-0.2, -0.15) is 9.67 Å². The first-order valence-corrected chi connectivity index (χ1v) is 13.1. The number of ether oxygens (including phenoxy) is 1. The number of benzene rings is 2. The molecule has 0 saturated carbocycles. The number of aromatic nitrogens is 3. The van der Waals surface area contributed by atoms with Gasteiger partial charge in [-0.1, -0.05) is 35.9 Å². The van der Waals surface area contributed by atoms with Gasteiger partial charge in [-0.15, -0.1) is 5.10 Å². The second kappa shape index (κ2) is 11.5. The van der Waals surface area contributed by atoms with Gasteiger partial charge in [0.15, 0.2) is 5.82 Å². The zero-order valence-corrected chi connectivity index (χ0v) is 22.0. The minimum atomic E-state index is -0.396. The van der Waals surface area contributed by atoms with Crippen molar-refractivity contribution < 1.29 is 18.7 Å². The molecule has 5 rings (SSSR count). The van der Waals surface area contributed by atoms with Crippen LogP contribution >= 0.6 is 11.6 Å². The molecule has 0 N–H and O–H groups in total. The van der Waals surface area contributed by atoms with Crippen LogP contribution in [0.25, 0.3) is 0 Å². The van der Waals surface area contributed by atoms with Crippen molar-refractivity contribution in [2.45, 2.75) is 25.3 Å². The first-order valence-electron chi connectivity index (χ1n) is 12.7. The first kappa shape index (κ1) is 26.1. The quantitative estimate of drug-likeness (QED) is 0.486. The van der Waals surface area contributed by atoms with E-state index in [0.29, 0.717) is 68.3 Å². The van der Waals surface area contributed by atoms with Gasteiger partial charge >= 0.3 is 6.03 Å². The van der Waals surface area contributed by atoms with Gasteiger partial charge in [-0.3, -0.25) is 4.79 Å². The zero-order chi connectivity index (χ0) is 26.6. The number of piperidine rings is 1. The maximum atomic E-state index is 13.6. The van der Waals surface area contributed by atoms with Crippen LogP contribution in [-0.2, 0) is 11.3 Å². The molecule has 1 aromatic heterocycles. The normalized spacial score (nSPS) is 17.9. The Morgan fingerprint density at radius 3 is 2.55 bits per heavy atom. The van der Waals surface area contributed by atoms with Crippen LogP contribution in [0.1, 0.15) is 40.5 Å². The van der Waals surface area contributed by atoms with E-state index in [9.17, 15) is 14.0 Å². The fourth-order valence-corrected chi connectivity index (χ4v) is 5.09. The Bertz CT molecular complexity index is 1290. The summed E-state index contributed by atoms with van der Waals surface area (Å²) in [5.41, 5.74) is 1.17. The number of halogens is 2. The van der Waals surface area contributed by atoms with E-state index < -0.39 is 5.91 Å². The van der Waals surface area contributed by atoms with Crippen molar-refractivity contribution in [2.75, 3.05) is 51.3 Å². The van der Waals surface area contributed by atoms with Crippen LogP contribution in [0.2, 0.25) is 5.02 Å². The molecule has 200 valence electrons. The third-order valence-electron chi connectivity index (χ3n) is 6.92. The second-order valence-electron chi connectivity index (χ2n) is 9.62. The smallest absolute Gasteiger partial charge is 0.320 e. The van der Waals surface area contributed by atoms with Gasteiger partial charge in [0.25, 0.3) is 5.91 Å². The number of likely N-dealkylation sites (tertiary alicyclic amines) is 1. The number of urea groups is 1. The van der Waals surface area contributed by atoms with E-state index in [4.69, 9.17) is 21.3 Å². The molecule has 2 fully saturated rings. The Hall–Kier alpha value is -3.50. The second-order valence-corrected chi connectivity index (χ2v) is 10.0. The summed E-state index contributed by atoms with van der Waals surface area (Å²) in [6.45, 7) is 3.78. The minimum Gasteiger partial charge on any atom is -0.378 e. The molecule has 0 aliphatic carbocycles. The number of hydrogen-bond donors (Lipinski definition) is 0. The molecule has 0 radical (unpaired) electrons. The third kappa shape index (κ3) is 5.66. The van der Waals surface area contributed by atoms with E-state index in [1.54, 1.807) is 41.3 Å². The monoisotopic (exact) mass is 540 g/mol. The Labute approximate surface area is 225 Å². The average Bonchev–Trinajstić information content (AvgIpc) is 3.40. The molecule has 9 nitrogen and oxygen atoms in total. The van der Waals surface area contributed by atoms with Gasteiger partial charge in [0.2, 0.25) is 5.95 Å². The van der Waals surface area contributed by atoms with Crippen molar-refractivity contribution in [2.24, 2.45) is 0 Å². The predicted octanol–water partition coefficient (Wildman–Crippen LogP) is 4.03. The summed E-state index contributed by atoms with van der Waals surface area (Å²) in [6, 6.07) is 13.0. The fourth-order valence-electron chi connectivity index (χ4n) is 4.87. The van der Waals surface area contributed by atoms with Gasteiger partial charge in [-0.05, 0) is 42.7 Å². The molecular weight excluding hydrogens is 511 g/mol. The highest BCUT2D eigenvalue weighted by Crippen LogP contribution is 2.28. The van der Waals surface area contributed by atoms with Gasteiger partial charge in [0.05, 0.1) is 23.8 Å². The summed E-state index contributed by atoms with van der Waals surface area (Å²) in [5, 5.41) is 4.98. The van der Waals surface area contributed by atoms with Gasteiger partial charge < -0.3 is 19.4 Å². The summed E-state index contributed by atoms with van der Waals surface area (Å²) in [4.78, 5) is 37.0. The van der Waals surface area contributed by atoms with Crippen molar-refractivity contribution in [3.63, 3.8) is 0 Å². The van der Waals surface area contributed by atoms with E-state index in [2.05, 4.69) is 5.10 Å². The van der Waals surface area contributed by atoms with E-state index in [0.717, 1.165) is 18.4 Å². The molecule has 3 heterocycles. The molecule has 2 aliphatic heterocycles. The Kier molecular flexibility index (Phi) is 7.90. The topological polar surface area (TPSA) is 83.8 Å². The van der Waals surface area contributed by atoms with E-state index >= 15 is 0 Å². The third-order valence-corrected chi connectivity index (χ3v) is 7.25. The van der Waals surface area contributed by atoms with E-state index in [-0.39, 0.29) is 17.8 Å². The number of nitrogens with zero attached hydrogens (tertiary/aromatic N) is 6. The van der Waals surface area contributed by atoms with Crippen molar-refractivity contribution >= 4 is 29.5 Å². The average molecular weight is 541 g/mol. The van der Waals surface area contributed by atoms with Crippen LogP contribution in [0, 0.1) is 5.82 Å². The Morgan fingerprint density at radius 2 is 1.82 bits per heavy atom. The van der Waals surface area contributed by atoms with Crippen molar-refractivity contribution in [1.29, 1.82) is 0 Å². The lowest BCUT2D eigenvalue weighted by molar-refractivity contribution is 0.0407. The number of morpholine rings is 1. The molecule has 3 aromatic rings. The largest absolute Gasteiger partial charge is 0.378 e. The lowest BCUT2D eigenvalue weighted by Gasteiger charge is -2.37. The van der Waals surface area contributed by atoms with Crippen LogP contribution in [0.15, 0.2) is 48.5 Å². The first-order chi connectivity index (χ1) is 18.4. The molecule has 38 heavy (non-hydrogen) atoms. The van der Waals surface area contributed by atoms with Crippen LogP contribution in [-0.4, -0.2) is 82.9 Å². The minimum absolute atomic E-state index is 0.00164. The lowest BCUT2D eigenvalue weighted by atomic mass is 9.97. The van der Waals surface area contributed by atoms with Crippen molar-refractivity contribution in [1.82, 2.24) is 24.6 Å². The van der Waals surface area contributed by atoms with E-state index in [1.807, 2.05) is 16.8 Å². The Morgan fingerprint density at radius 1 is 1.08 bits per heavy atom. The lowest BCUT2D eigenvalue weighted by Crippen LogP contribution is -2.50. The van der Waals surface area contributed by atoms with Gasteiger partial charge in [0.1, 0.15) is 5.82 Å². The molecule has 1 unspecified atom stereocenters. The molecular formula is C27H30ClFN6O3. The maximum Gasteiger partial charge on any atom is 0.320 e.